The average molecular weight is 294 g/mol. The lowest BCUT2D eigenvalue weighted by Gasteiger charge is -2.09. The van der Waals surface area contributed by atoms with E-state index >= 15 is 0 Å². The third kappa shape index (κ3) is 3.41. The summed E-state index contributed by atoms with van der Waals surface area (Å²) in [6, 6.07) is 13.7. The number of H-pyrrole nitrogens is 1. The molecule has 0 saturated carbocycles. The molecule has 0 fully saturated rings. The second-order valence-electron chi connectivity index (χ2n) is 4.97. The molecule has 0 aliphatic carbocycles. The number of rotatable bonds is 5. The summed E-state index contributed by atoms with van der Waals surface area (Å²) in [6.07, 6.45) is 0.834. The summed E-state index contributed by atoms with van der Waals surface area (Å²) >= 11 is 0. The highest BCUT2D eigenvalue weighted by atomic mass is 15.2. The van der Waals surface area contributed by atoms with Gasteiger partial charge in [-0.3, -0.25) is 5.10 Å². The predicted octanol–water partition coefficient (Wildman–Crippen LogP) is 3.56. The molecule has 22 heavy (non-hydrogen) atoms. The number of aryl methyl sites for hydroxylation is 2. The summed E-state index contributed by atoms with van der Waals surface area (Å²) in [6.45, 7) is 4.02. The van der Waals surface area contributed by atoms with Crippen LogP contribution in [0.4, 0.5) is 23.3 Å². The Hall–Kier alpha value is -2.89. The zero-order chi connectivity index (χ0) is 15.4. The van der Waals surface area contributed by atoms with E-state index in [0.29, 0.717) is 5.95 Å². The molecule has 6 heteroatoms. The molecule has 0 unspecified atom stereocenters. The lowest BCUT2D eigenvalue weighted by Crippen LogP contribution is -2.03. The van der Waals surface area contributed by atoms with E-state index < -0.39 is 0 Å². The van der Waals surface area contributed by atoms with E-state index in [2.05, 4.69) is 37.7 Å². The van der Waals surface area contributed by atoms with Gasteiger partial charge >= 0.3 is 0 Å². The summed E-state index contributed by atoms with van der Waals surface area (Å²) in [7, 11) is 0. The maximum absolute atomic E-state index is 4.50. The Morgan fingerprint density at radius 2 is 1.82 bits per heavy atom. The van der Waals surface area contributed by atoms with Gasteiger partial charge in [0.05, 0.1) is 0 Å². The Morgan fingerprint density at radius 3 is 2.50 bits per heavy atom. The monoisotopic (exact) mass is 294 g/mol. The highest BCUT2D eigenvalue weighted by molar-refractivity contribution is 5.58. The molecule has 2 aromatic heterocycles. The Labute approximate surface area is 129 Å². The molecular formula is C16H18N6. The Morgan fingerprint density at radius 1 is 1.00 bits per heavy atom. The van der Waals surface area contributed by atoms with Crippen LogP contribution in [0.2, 0.25) is 0 Å². The van der Waals surface area contributed by atoms with Gasteiger partial charge in [-0.05, 0) is 25.5 Å². The Kier molecular flexibility index (Phi) is 4.00. The van der Waals surface area contributed by atoms with E-state index in [4.69, 9.17) is 0 Å². The van der Waals surface area contributed by atoms with Crippen LogP contribution in [0, 0.1) is 6.92 Å². The minimum atomic E-state index is 0.570. The molecular weight excluding hydrogens is 276 g/mol. The first-order valence-electron chi connectivity index (χ1n) is 7.22. The van der Waals surface area contributed by atoms with Gasteiger partial charge in [0.25, 0.3) is 0 Å². The van der Waals surface area contributed by atoms with Crippen molar-refractivity contribution in [2.75, 3.05) is 10.6 Å². The second kappa shape index (κ2) is 6.26. The number of hydrogen-bond acceptors (Lipinski definition) is 5. The van der Waals surface area contributed by atoms with Gasteiger partial charge < -0.3 is 10.6 Å². The minimum absolute atomic E-state index is 0.570. The quantitative estimate of drug-likeness (QED) is 0.670. The first-order chi connectivity index (χ1) is 10.7. The van der Waals surface area contributed by atoms with Crippen LogP contribution < -0.4 is 10.6 Å². The third-order valence-electron chi connectivity index (χ3n) is 3.13. The van der Waals surface area contributed by atoms with E-state index in [0.717, 1.165) is 35.1 Å². The van der Waals surface area contributed by atoms with Gasteiger partial charge in [-0.2, -0.15) is 10.1 Å². The van der Waals surface area contributed by atoms with Crippen molar-refractivity contribution in [2.45, 2.75) is 20.3 Å². The molecule has 112 valence electrons. The minimum Gasteiger partial charge on any atom is -0.324 e. The lowest BCUT2D eigenvalue weighted by atomic mass is 10.3. The number of hydrogen-bond donors (Lipinski definition) is 3. The smallest absolute Gasteiger partial charge is 0.229 e. The summed E-state index contributed by atoms with van der Waals surface area (Å²) < 4.78 is 0. The topological polar surface area (TPSA) is 78.5 Å². The van der Waals surface area contributed by atoms with Crippen LogP contribution in [0.15, 0.2) is 42.5 Å². The predicted molar refractivity (Wildman–Crippen MR) is 87.7 cm³/mol. The first-order valence-corrected chi connectivity index (χ1v) is 7.22. The molecule has 0 saturated heterocycles. The van der Waals surface area contributed by atoms with Crippen LogP contribution in [-0.4, -0.2) is 20.2 Å². The highest BCUT2D eigenvalue weighted by Crippen LogP contribution is 2.18. The molecule has 3 N–H and O–H groups in total. The van der Waals surface area contributed by atoms with Gasteiger partial charge in [0, 0.05) is 29.2 Å². The number of nitrogens with one attached hydrogen (secondary N) is 3. The number of anilines is 4. The van der Waals surface area contributed by atoms with Crippen LogP contribution in [0.1, 0.15) is 18.3 Å². The number of para-hydroxylation sites is 1. The van der Waals surface area contributed by atoms with E-state index in [1.54, 1.807) is 0 Å². The second-order valence-corrected chi connectivity index (χ2v) is 4.97. The number of aromatic amines is 1. The van der Waals surface area contributed by atoms with Gasteiger partial charge in [0.2, 0.25) is 5.95 Å². The van der Waals surface area contributed by atoms with Gasteiger partial charge in [0.1, 0.15) is 5.82 Å². The molecule has 0 aliphatic rings. The molecule has 0 atom stereocenters. The third-order valence-corrected chi connectivity index (χ3v) is 3.13. The van der Waals surface area contributed by atoms with Crippen molar-refractivity contribution in [3.63, 3.8) is 0 Å². The summed E-state index contributed by atoms with van der Waals surface area (Å²) in [4.78, 5) is 9.00. The maximum atomic E-state index is 4.50. The molecule has 0 amide bonds. The van der Waals surface area contributed by atoms with E-state index in [-0.39, 0.29) is 0 Å². The lowest BCUT2D eigenvalue weighted by molar-refractivity contribution is 1.00. The Balaban J connectivity index is 1.85. The summed E-state index contributed by atoms with van der Waals surface area (Å²) in [5.74, 6) is 2.03. The maximum Gasteiger partial charge on any atom is 0.229 e. The van der Waals surface area contributed by atoms with Gasteiger partial charge in [-0.15, -0.1) is 0 Å². The zero-order valence-electron chi connectivity index (χ0n) is 12.6. The molecule has 3 aromatic rings. The molecule has 1 aromatic carbocycles. The number of aromatic nitrogens is 4. The highest BCUT2D eigenvalue weighted by Gasteiger charge is 2.06. The molecule has 3 rings (SSSR count). The molecule has 0 bridgehead atoms. The number of nitrogens with zero attached hydrogens (tertiary/aromatic N) is 3. The normalized spacial score (nSPS) is 10.5. The van der Waals surface area contributed by atoms with Crippen molar-refractivity contribution in [1.82, 2.24) is 20.2 Å². The first kappa shape index (κ1) is 14.1. The van der Waals surface area contributed by atoms with Crippen LogP contribution in [0.25, 0.3) is 0 Å². The fourth-order valence-electron chi connectivity index (χ4n) is 2.06. The van der Waals surface area contributed by atoms with Gasteiger partial charge in [-0.25, -0.2) is 4.98 Å². The largest absolute Gasteiger partial charge is 0.324 e. The van der Waals surface area contributed by atoms with Crippen molar-refractivity contribution < 1.29 is 0 Å². The van der Waals surface area contributed by atoms with E-state index in [1.165, 1.54) is 0 Å². The molecule has 0 spiro atoms. The molecule has 0 radical (unpaired) electrons. The van der Waals surface area contributed by atoms with E-state index in [1.807, 2.05) is 49.4 Å². The van der Waals surface area contributed by atoms with Gasteiger partial charge in [0.15, 0.2) is 5.82 Å². The van der Waals surface area contributed by atoms with Crippen molar-refractivity contribution in [3.05, 3.63) is 53.9 Å². The summed E-state index contributed by atoms with van der Waals surface area (Å²) in [5.41, 5.74) is 2.91. The molecule has 0 aliphatic heterocycles. The van der Waals surface area contributed by atoms with Gasteiger partial charge in [-0.1, -0.05) is 25.1 Å². The van der Waals surface area contributed by atoms with E-state index in [9.17, 15) is 0 Å². The van der Waals surface area contributed by atoms with Crippen molar-refractivity contribution in [3.8, 4) is 0 Å². The van der Waals surface area contributed by atoms with Crippen molar-refractivity contribution in [2.24, 2.45) is 0 Å². The summed E-state index contributed by atoms with van der Waals surface area (Å²) in [5, 5.41) is 13.5. The van der Waals surface area contributed by atoms with Crippen LogP contribution >= 0.6 is 0 Å². The van der Waals surface area contributed by atoms with Crippen molar-refractivity contribution in [1.29, 1.82) is 0 Å². The zero-order valence-corrected chi connectivity index (χ0v) is 12.6. The fraction of sp³-hybridized carbons (Fsp3) is 0.188. The molecule has 2 heterocycles. The van der Waals surface area contributed by atoms with Crippen LogP contribution in [0.5, 0.6) is 0 Å². The standard InChI is InChI=1S/C16H18N6/c1-3-12-10-14(19-15-9-11(2)21-22-15)20-16(17-12)18-13-7-5-4-6-8-13/h4-10H,3H2,1-2H3,(H3,17,18,19,20,21,22). The number of benzene rings is 1. The Bertz CT molecular complexity index is 750. The molecule has 6 nitrogen and oxygen atoms in total. The fourth-order valence-corrected chi connectivity index (χ4v) is 2.06. The van der Waals surface area contributed by atoms with Crippen LogP contribution in [0.3, 0.4) is 0 Å². The van der Waals surface area contributed by atoms with Crippen LogP contribution in [-0.2, 0) is 6.42 Å². The van der Waals surface area contributed by atoms with Crippen molar-refractivity contribution >= 4 is 23.3 Å². The SMILES string of the molecule is CCc1cc(Nc2cc(C)[nH]n2)nc(Nc2ccccc2)n1. The average Bonchev–Trinajstić information content (AvgIpc) is 2.93.